The maximum absolute atomic E-state index is 5.51. The monoisotopic (exact) mass is 375 g/mol. The highest BCUT2D eigenvalue weighted by Gasteiger charge is 2.15. The van der Waals surface area contributed by atoms with E-state index in [1.165, 1.54) is 9.99 Å². The van der Waals surface area contributed by atoms with Gasteiger partial charge in [0.2, 0.25) is 0 Å². The molecule has 1 heterocycles. The predicted octanol–water partition coefficient (Wildman–Crippen LogP) is 2.63. The van der Waals surface area contributed by atoms with Crippen LogP contribution in [-0.4, -0.2) is 48.1 Å². The SMILES string of the molecule is CN1CCCN(C(=S)Nc2ccccc2I)CC1. The summed E-state index contributed by atoms with van der Waals surface area (Å²) in [6.45, 7) is 4.28. The van der Waals surface area contributed by atoms with Crippen LogP contribution in [-0.2, 0) is 0 Å². The first-order valence-corrected chi connectivity index (χ1v) is 7.64. The molecule has 98 valence electrons. The zero-order chi connectivity index (χ0) is 13.0. The van der Waals surface area contributed by atoms with Crippen LogP contribution in [0.25, 0.3) is 0 Å². The minimum absolute atomic E-state index is 0.842. The zero-order valence-corrected chi connectivity index (χ0v) is 13.5. The molecule has 0 saturated carbocycles. The molecule has 1 N–H and O–H groups in total. The Morgan fingerprint density at radius 2 is 2.00 bits per heavy atom. The van der Waals surface area contributed by atoms with Gasteiger partial charge in [0.1, 0.15) is 0 Å². The molecule has 2 rings (SSSR count). The van der Waals surface area contributed by atoms with E-state index in [1.807, 2.05) is 12.1 Å². The second-order valence-electron chi connectivity index (χ2n) is 4.55. The second-order valence-corrected chi connectivity index (χ2v) is 6.10. The number of hydrogen-bond acceptors (Lipinski definition) is 2. The molecule has 1 aliphatic rings. The molecule has 0 amide bonds. The maximum atomic E-state index is 5.51. The molecule has 1 aromatic rings. The van der Waals surface area contributed by atoms with Crippen LogP contribution in [0.5, 0.6) is 0 Å². The van der Waals surface area contributed by atoms with Crippen LogP contribution in [0.1, 0.15) is 6.42 Å². The summed E-state index contributed by atoms with van der Waals surface area (Å²) in [4.78, 5) is 4.62. The molecule has 0 atom stereocenters. The van der Waals surface area contributed by atoms with Gasteiger partial charge in [0.25, 0.3) is 0 Å². The van der Waals surface area contributed by atoms with Gasteiger partial charge in [-0.1, -0.05) is 12.1 Å². The first-order chi connectivity index (χ1) is 8.66. The molecule has 1 saturated heterocycles. The average Bonchev–Trinajstić information content (AvgIpc) is 2.57. The van der Waals surface area contributed by atoms with Crippen molar-refractivity contribution in [3.05, 3.63) is 27.8 Å². The summed E-state index contributed by atoms with van der Waals surface area (Å²) in [6.07, 6.45) is 1.17. The molecular weight excluding hydrogens is 357 g/mol. The summed E-state index contributed by atoms with van der Waals surface area (Å²) in [5.41, 5.74) is 1.10. The summed E-state index contributed by atoms with van der Waals surface area (Å²) in [5, 5.41) is 4.20. The Bertz CT molecular complexity index is 424. The third kappa shape index (κ3) is 3.80. The molecule has 18 heavy (non-hydrogen) atoms. The lowest BCUT2D eigenvalue weighted by Gasteiger charge is -2.24. The molecule has 1 aromatic carbocycles. The van der Waals surface area contributed by atoms with Crippen LogP contribution < -0.4 is 5.32 Å². The number of nitrogens with zero attached hydrogens (tertiary/aromatic N) is 2. The van der Waals surface area contributed by atoms with E-state index in [4.69, 9.17) is 12.2 Å². The average molecular weight is 375 g/mol. The van der Waals surface area contributed by atoms with Crippen molar-refractivity contribution in [3.8, 4) is 0 Å². The maximum Gasteiger partial charge on any atom is 0.173 e. The van der Waals surface area contributed by atoms with Gasteiger partial charge in [-0.25, -0.2) is 0 Å². The highest BCUT2D eigenvalue weighted by Crippen LogP contribution is 2.17. The topological polar surface area (TPSA) is 18.5 Å². The van der Waals surface area contributed by atoms with Gasteiger partial charge in [-0.3, -0.25) is 0 Å². The van der Waals surface area contributed by atoms with Crippen LogP contribution in [0.4, 0.5) is 5.69 Å². The largest absolute Gasteiger partial charge is 0.348 e. The highest BCUT2D eigenvalue weighted by molar-refractivity contribution is 14.1. The third-order valence-corrected chi connectivity index (χ3v) is 4.42. The highest BCUT2D eigenvalue weighted by atomic mass is 127. The molecule has 0 aromatic heterocycles. The van der Waals surface area contributed by atoms with E-state index < -0.39 is 0 Å². The molecule has 0 unspecified atom stereocenters. The van der Waals surface area contributed by atoms with Crippen LogP contribution in [0.15, 0.2) is 24.3 Å². The van der Waals surface area contributed by atoms with Crippen LogP contribution in [0.2, 0.25) is 0 Å². The van der Waals surface area contributed by atoms with Gasteiger partial charge in [0, 0.05) is 23.2 Å². The summed E-state index contributed by atoms with van der Waals surface area (Å²) in [5.74, 6) is 0. The smallest absolute Gasteiger partial charge is 0.173 e. The van der Waals surface area contributed by atoms with Crippen molar-refractivity contribution in [1.82, 2.24) is 9.80 Å². The van der Waals surface area contributed by atoms with Gasteiger partial charge in [-0.15, -0.1) is 0 Å². The number of likely N-dealkylation sites (N-methyl/N-ethyl adjacent to an activating group) is 1. The molecule has 0 aliphatic carbocycles. The van der Waals surface area contributed by atoms with E-state index in [9.17, 15) is 0 Å². The molecule has 0 spiro atoms. The van der Waals surface area contributed by atoms with Gasteiger partial charge in [0.05, 0.1) is 5.69 Å². The van der Waals surface area contributed by atoms with E-state index >= 15 is 0 Å². The fourth-order valence-corrected chi connectivity index (χ4v) is 2.82. The predicted molar refractivity (Wildman–Crippen MR) is 89.1 cm³/mol. The van der Waals surface area contributed by atoms with E-state index in [2.05, 4.69) is 56.9 Å². The first kappa shape index (κ1) is 14.0. The molecule has 0 bridgehead atoms. The number of halogens is 1. The lowest BCUT2D eigenvalue weighted by atomic mass is 10.3. The van der Waals surface area contributed by atoms with E-state index in [0.717, 1.165) is 37.0 Å². The summed E-state index contributed by atoms with van der Waals surface area (Å²) < 4.78 is 1.20. The zero-order valence-electron chi connectivity index (χ0n) is 10.5. The van der Waals surface area contributed by atoms with Gasteiger partial charge in [-0.2, -0.15) is 0 Å². The van der Waals surface area contributed by atoms with Crippen LogP contribution >= 0.6 is 34.8 Å². The first-order valence-electron chi connectivity index (χ1n) is 6.16. The van der Waals surface area contributed by atoms with Crippen molar-refractivity contribution in [2.45, 2.75) is 6.42 Å². The number of nitrogens with one attached hydrogen (secondary N) is 1. The molecule has 1 fully saturated rings. The Kier molecular flexibility index (Phi) is 5.20. The third-order valence-electron chi connectivity index (χ3n) is 3.12. The summed E-state index contributed by atoms with van der Waals surface area (Å²) >= 11 is 7.83. The molecule has 5 heteroatoms. The number of hydrogen-bond donors (Lipinski definition) is 1. The number of anilines is 1. The quantitative estimate of drug-likeness (QED) is 0.601. The minimum Gasteiger partial charge on any atom is -0.348 e. The van der Waals surface area contributed by atoms with Gasteiger partial charge >= 0.3 is 0 Å². The fourth-order valence-electron chi connectivity index (χ4n) is 2.01. The van der Waals surface area contributed by atoms with Crippen molar-refractivity contribution in [1.29, 1.82) is 0 Å². The molecular formula is C13H18IN3S. The Labute approximate surface area is 128 Å². The second kappa shape index (κ2) is 6.68. The molecule has 0 radical (unpaired) electrons. The number of para-hydroxylation sites is 1. The normalized spacial score (nSPS) is 17.3. The lowest BCUT2D eigenvalue weighted by Crippen LogP contribution is -2.37. The Balaban J connectivity index is 1.97. The van der Waals surface area contributed by atoms with Crippen molar-refractivity contribution in [2.24, 2.45) is 0 Å². The van der Waals surface area contributed by atoms with E-state index in [0.29, 0.717) is 0 Å². The Hall–Kier alpha value is -0.400. The number of rotatable bonds is 1. The molecule has 1 aliphatic heterocycles. The van der Waals surface area contributed by atoms with Gasteiger partial charge in [-0.05, 0) is 67.0 Å². The van der Waals surface area contributed by atoms with E-state index in [1.54, 1.807) is 0 Å². The Morgan fingerprint density at radius 3 is 2.78 bits per heavy atom. The van der Waals surface area contributed by atoms with Crippen molar-refractivity contribution < 1.29 is 0 Å². The molecule has 3 nitrogen and oxygen atoms in total. The van der Waals surface area contributed by atoms with E-state index in [-0.39, 0.29) is 0 Å². The van der Waals surface area contributed by atoms with Crippen molar-refractivity contribution in [3.63, 3.8) is 0 Å². The fraction of sp³-hybridized carbons (Fsp3) is 0.462. The van der Waals surface area contributed by atoms with Gasteiger partial charge in [0.15, 0.2) is 5.11 Å². The number of thiocarbonyl (C=S) groups is 1. The number of benzene rings is 1. The van der Waals surface area contributed by atoms with Crippen LogP contribution in [0, 0.1) is 3.57 Å². The summed E-state index contributed by atoms with van der Waals surface area (Å²) in [7, 11) is 2.17. The summed E-state index contributed by atoms with van der Waals surface area (Å²) in [6, 6.07) is 8.22. The Morgan fingerprint density at radius 1 is 1.22 bits per heavy atom. The van der Waals surface area contributed by atoms with Gasteiger partial charge < -0.3 is 15.1 Å². The standard InChI is InChI=1S/C13H18IN3S/c1-16-7-4-8-17(10-9-16)13(18)15-12-6-3-2-5-11(12)14/h2-3,5-6H,4,7-10H2,1H3,(H,15,18). The van der Waals surface area contributed by atoms with Crippen LogP contribution in [0.3, 0.4) is 0 Å². The minimum atomic E-state index is 0.842. The lowest BCUT2D eigenvalue weighted by molar-refractivity contribution is 0.347. The van der Waals surface area contributed by atoms with Crippen molar-refractivity contribution in [2.75, 3.05) is 38.5 Å². The van der Waals surface area contributed by atoms with Crippen molar-refractivity contribution >= 4 is 45.6 Å².